The van der Waals surface area contributed by atoms with Gasteiger partial charge in [0.1, 0.15) is 6.10 Å². The van der Waals surface area contributed by atoms with E-state index in [2.05, 4.69) is 26.1 Å². The number of ether oxygens (including phenoxy) is 1. The quantitative estimate of drug-likeness (QED) is 0.807. The Morgan fingerprint density at radius 2 is 2.25 bits per heavy atom. The molecule has 0 radical (unpaired) electrons. The van der Waals surface area contributed by atoms with E-state index in [-0.39, 0.29) is 6.10 Å². The van der Waals surface area contributed by atoms with Gasteiger partial charge in [0, 0.05) is 17.3 Å². The highest BCUT2D eigenvalue weighted by Gasteiger charge is 2.21. The first-order valence-corrected chi connectivity index (χ1v) is 6.26. The topological polar surface area (TPSA) is 39.4 Å². The van der Waals surface area contributed by atoms with Crippen LogP contribution < -0.4 is 0 Å². The van der Waals surface area contributed by atoms with Crippen molar-refractivity contribution in [2.45, 2.75) is 25.4 Å². The van der Waals surface area contributed by atoms with Crippen LogP contribution in [0.5, 0.6) is 0 Å². The third-order valence-electron chi connectivity index (χ3n) is 2.86. The molecule has 3 heterocycles. The van der Waals surface area contributed by atoms with Gasteiger partial charge in [-0.1, -0.05) is 0 Å². The van der Waals surface area contributed by atoms with Crippen molar-refractivity contribution in [3.63, 3.8) is 0 Å². The summed E-state index contributed by atoms with van der Waals surface area (Å²) in [5.41, 5.74) is 0.868. The molecule has 0 N–H and O–H groups in total. The Morgan fingerprint density at radius 3 is 3.06 bits per heavy atom. The molecule has 2 aromatic heterocycles. The predicted octanol–water partition coefficient (Wildman–Crippen LogP) is 2.73. The molecule has 1 saturated heterocycles. The smallest absolute Gasteiger partial charge is 0.166 e. The van der Waals surface area contributed by atoms with Gasteiger partial charge in [-0.25, -0.2) is 0 Å². The Labute approximate surface area is 102 Å². The second-order valence-electron chi connectivity index (χ2n) is 3.99. The minimum Gasteiger partial charge on any atom is -0.370 e. The number of rotatable bonds is 1. The fourth-order valence-corrected chi connectivity index (χ4v) is 2.38. The van der Waals surface area contributed by atoms with Crippen molar-refractivity contribution < 1.29 is 4.74 Å². The van der Waals surface area contributed by atoms with Gasteiger partial charge in [0.25, 0.3) is 0 Å². The number of aromatic nitrogens is 3. The van der Waals surface area contributed by atoms with Gasteiger partial charge in [0.2, 0.25) is 0 Å². The Hall–Kier alpha value is -0.940. The van der Waals surface area contributed by atoms with Crippen LogP contribution in [-0.2, 0) is 4.74 Å². The molecule has 0 aromatic carbocycles. The lowest BCUT2D eigenvalue weighted by Crippen LogP contribution is -2.14. The maximum atomic E-state index is 5.73. The van der Waals surface area contributed by atoms with Gasteiger partial charge in [-0.3, -0.25) is 4.40 Å². The molecule has 0 aliphatic carbocycles. The van der Waals surface area contributed by atoms with Gasteiger partial charge >= 0.3 is 0 Å². The number of pyridine rings is 1. The summed E-state index contributed by atoms with van der Waals surface area (Å²) in [5.74, 6) is 0.913. The van der Waals surface area contributed by atoms with E-state index in [1.807, 2.05) is 22.7 Å². The van der Waals surface area contributed by atoms with E-state index >= 15 is 0 Å². The van der Waals surface area contributed by atoms with E-state index in [1.54, 1.807) is 0 Å². The zero-order valence-electron chi connectivity index (χ0n) is 8.77. The summed E-state index contributed by atoms with van der Waals surface area (Å²) in [4.78, 5) is 0. The summed E-state index contributed by atoms with van der Waals surface area (Å²) in [5, 5.41) is 8.37. The van der Waals surface area contributed by atoms with Crippen LogP contribution in [0.2, 0.25) is 0 Å². The normalized spacial score (nSPS) is 21.4. The zero-order valence-corrected chi connectivity index (χ0v) is 10.4. The SMILES string of the molecule is Brc1ccc2nnc(C3CCCCO3)n2c1. The Balaban J connectivity index is 2.05. The molecule has 0 bridgehead atoms. The van der Waals surface area contributed by atoms with Crippen molar-refractivity contribution in [2.24, 2.45) is 0 Å². The molecule has 1 aliphatic heterocycles. The third kappa shape index (κ3) is 1.74. The highest BCUT2D eigenvalue weighted by atomic mass is 79.9. The summed E-state index contributed by atoms with van der Waals surface area (Å²) in [7, 11) is 0. The minimum atomic E-state index is 0.0954. The number of hydrogen-bond acceptors (Lipinski definition) is 3. The van der Waals surface area contributed by atoms with E-state index in [0.717, 1.165) is 35.4 Å². The van der Waals surface area contributed by atoms with Gasteiger partial charge in [0.05, 0.1) is 0 Å². The summed E-state index contributed by atoms with van der Waals surface area (Å²) >= 11 is 3.46. The van der Waals surface area contributed by atoms with Crippen molar-refractivity contribution >= 4 is 21.6 Å². The average molecular weight is 282 g/mol. The molecule has 1 atom stereocenters. The molecule has 0 spiro atoms. The second-order valence-corrected chi connectivity index (χ2v) is 4.90. The number of fused-ring (bicyclic) bond motifs is 1. The lowest BCUT2D eigenvalue weighted by atomic mass is 10.1. The van der Waals surface area contributed by atoms with Crippen molar-refractivity contribution in [3.05, 3.63) is 28.6 Å². The molecule has 4 nitrogen and oxygen atoms in total. The van der Waals surface area contributed by atoms with Crippen LogP contribution in [0, 0.1) is 0 Å². The van der Waals surface area contributed by atoms with E-state index in [9.17, 15) is 0 Å². The fraction of sp³-hybridized carbons (Fsp3) is 0.455. The number of halogens is 1. The third-order valence-corrected chi connectivity index (χ3v) is 3.33. The van der Waals surface area contributed by atoms with Gasteiger partial charge in [-0.2, -0.15) is 0 Å². The molecule has 0 amide bonds. The van der Waals surface area contributed by atoms with Crippen LogP contribution in [0.15, 0.2) is 22.8 Å². The van der Waals surface area contributed by atoms with Crippen molar-refractivity contribution in [1.82, 2.24) is 14.6 Å². The van der Waals surface area contributed by atoms with Crippen LogP contribution in [0.1, 0.15) is 31.2 Å². The Kier molecular flexibility index (Phi) is 2.65. The molecule has 1 unspecified atom stereocenters. The monoisotopic (exact) mass is 281 g/mol. The highest BCUT2D eigenvalue weighted by molar-refractivity contribution is 9.10. The van der Waals surface area contributed by atoms with Crippen molar-refractivity contribution in [3.8, 4) is 0 Å². The molecule has 5 heteroatoms. The Morgan fingerprint density at radius 1 is 1.31 bits per heavy atom. The van der Waals surface area contributed by atoms with E-state index < -0.39 is 0 Å². The first-order chi connectivity index (χ1) is 7.84. The summed E-state index contributed by atoms with van der Waals surface area (Å²) in [6.07, 6.45) is 5.47. The van der Waals surface area contributed by atoms with E-state index in [1.165, 1.54) is 6.42 Å². The van der Waals surface area contributed by atoms with Crippen LogP contribution in [0.25, 0.3) is 5.65 Å². The average Bonchev–Trinajstić information content (AvgIpc) is 2.73. The second kappa shape index (κ2) is 4.14. The predicted molar refractivity (Wildman–Crippen MR) is 63.2 cm³/mol. The lowest BCUT2D eigenvalue weighted by molar-refractivity contribution is 0.00885. The van der Waals surface area contributed by atoms with Gasteiger partial charge in [-0.15, -0.1) is 10.2 Å². The molecule has 1 fully saturated rings. The molecule has 2 aromatic rings. The van der Waals surface area contributed by atoms with Gasteiger partial charge in [0.15, 0.2) is 11.5 Å². The summed E-state index contributed by atoms with van der Waals surface area (Å²) in [6, 6.07) is 3.92. The van der Waals surface area contributed by atoms with Crippen molar-refractivity contribution in [1.29, 1.82) is 0 Å². The maximum absolute atomic E-state index is 5.73. The molecule has 1 aliphatic rings. The largest absolute Gasteiger partial charge is 0.370 e. The summed E-state index contributed by atoms with van der Waals surface area (Å²) < 4.78 is 8.76. The van der Waals surface area contributed by atoms with E-state index in [4.69, 9.17) is 4.74 Å². The summed E-state index contributed by atoms with van der Waals surface area (Å²) in [6.45, 7) is 0.827. The molecular weight excluding hydrogens is 270 g/mol. The molecule has 0 saturated carbocycles. The number of hydrogen-bond donors (Lipinski definition) is 0. The molecule has 16 heavy (non-hydrogen) atoms. The van der Waals surface area contributed by atoms with Crippen LogP contribution in [0.4, 0.5) is 0 Å². The van der Waals surface area contributed by atoms with Crippen LogP contribution in [-0.4, -0.2) is 21.2 Å². The molecule has 3 rings (SSSR count). The minimum absolute atomic E-state index is 0.0954. The first-order valence-electron chi connectivity index (χ1n) is 5.46. The maximum Gasteiger partial charge on any atom is 0.166 e. The fourth-order valence-electron chi connectivity index (χ4n) is 2.05. The van der Waals surface area contributed by atoms with Gasteiger partial charge in [-0.05, 0) is 47.3 Å². The molecule has 84 valence electrons. The molecular formula is C11H12BrN3O. The van der Waals surface area contributed by atoms with E-state index in [0.29, 0.717) is 0 Å². The zero-order chi connectivity index (χ0) is 11.0. The highest BCUT2D eigenvalue weighted by Crippen LogP contribution is 2.27. The van der Waals surface area contributed by atoms with Crippen LogP contribution >= 0.6 is 15.9 Å². The number of nitrogens with zero attached hydrogens (tertiary/aromatic N) is 3. The standard InChI is InChI=1S/C11H12BrN3O/c12-8-4-5-10-13-14-11(15(10)7-8)9-3-1-2-6-16-9/h4-5,7,9H,1-3,6H2. The van der Waals surface area contributed by atoms with Crippen LogP contribution in [0.3, 0.4) is 0 Å². The van der Waals surface area contributed by atoms with Gasteiger partial charge < -0.3 is 4.74 Å². The lowest BCUT2D eigenvalue weighted by Gasteiger charge is -2.20. The van der Waals surface area contributed by atoms with Crippen molar-refractivity contribution in [2.75, 3.05) is 6.61 Å². The first kappa shape index (κ1) is 10.2. The Bertz CT molecular complexity index is 505.